The van der Waals surface area contributed by atoms with E-state index in [4.69, 9.17) is 16.3 Å². The highest BCUT2D eigenvalue weighted by Gasteiger charge is 2.30. The molecule has 196 valence electrons. The van der Waals surface area contributed by atoms with Gasteiger partial charge in [0.25, 0.3) is 0 Å². The molecule has 2 N–H and O–H groups in total. The minimum atomic E-state index is -4.39. The first-order valence-electron chi connectivity index (χ1n) is 12.1. The Kier molecular flexibility index (Phi) is 7.63. The van der Waals surface area contributed by atoms with Gasteiger partial charge in [0.1, 0.15) is 18.2 Å². The molecule has 1 fully saturated rings. The molecule has 0 spiro atoms. The first kappa shape index (κ1) is 25.5. The smallest absolute Gasteiger partial charge is 0.416 e. The molecule has 5 rings (SSSR count). The van der Waals surface area contributed by atoms with Gasteiger partial charge in [0.15, 0.2) is 0 Å². The van der Waals surface area contributed by atoms with Gasteiger partial charge in [0, 0.05) is 56.7 Å². The lowest BCUT2D eigenvalue weighted by molar-refractivity contribution is -0.137. The molecule has 2 aromatic heterocycles. The highest BCUT2D eigenvalue weighted by Crippen LogP contribution is 2.33. The second-order valence-electron chi connectivity index (χ2n) is 8.90. The van der Waals surface area contributed by atoms with Gasteiger partial charge >= 0.3 is 12.2 Å². The topological polar surface area (TPSA) is 78.4 Å². The molecule has 0 aliphatic carbocycles. The Balaban J connectivity index is 1.38. The van der Waals surface area contributed by atoms with E-state index in [0.717, 1.165) is 56.1 Å². The summed E-state index contributed by atoms with van der Waals surface area (Å²) in [5.74, 6) is 1.19. The molecule has 12 heteroatoms. The fourth-order valence-electron chi connectivity index (χ4n) is 4.45. The number of hydrogen-bond acceptors (Lipinski definition) is 8. The maximum absolute atomic E-state index is 13.0. The second kappa shape index (κ2) is 11.1. The molecule has 1 saturated heterocycles. The van der Waals surface area contributed by atoms with E-state index in [1.165, 1.54) is 12.1 Å². The summed E-state index contributed by atoms with van der Waals surface area (Å²) in [5.41, 5.74) is 1.44. The van der Waals surface area contributed by atoms with Gasteiger partial charge in [-0.3, -0.25) is 4.90 Å². The van der Waals surface area contributed by atoms with Crippen molar-refractivity contribution in [3.05, 3.63) is 64.4 Å². The number of benzene rings is 1. The molecule has 0 atom stereocenters. The minimum absolute atomic E-state index is 0.220. The van der Waals surface area contributed by atoms with Gasteiger partial charge in [-0.05, 0) is 42.8 Å². The van der Waals surface area contributed by atoms with Crippen molar-refractivity contribution in [2.75, 3.05) is 56.1 Å². The molecule has 2 aliphatic heterocycles. The molecule has 0 amide bonds. The zero-order valence-electron chi connectivity index (χ0n) is 20.1. The number of nitrogens with one attached hydrogen (secondary N) is 2. The fraction of sp³-hybridized carbons (Fsp3) is 0.400. The van der Waals surface area contributed by atoms with Crippen molar-refractivity contribution in [3.63, 3.8) is 0 Å². The van der Waals surface area contributed by atoms with Gasteiger partial charge in [-0.1, -0.05) is 11.6 Å². The van der Waals surface area contributed by atoms with Crippen molar-refractivity contribution in [3.8, 4) is 6.01 Å². The molecule has 0 unspecified atom stereocenters. The number of ether oxygens (including phenoxy) is 1. The number of pyridine rings is 1. The number of rotatable bonds is 7. The van der Waals surface area contributed by atoms with Crippen LogP contribution in [0.4, 0.5) is 30.5 Å². The van der Waals surface area contributed by atoms with Gasteiger partial charge in [0.2, 0.25) is 0 Å². The molecule has 0 radical (unpaired) electrons. The molecule has 8 nitrogen and oxygen atoms in total. The number of alkyl halides is 3. The van der Waals surface area contributed by atoms with Crippen molar-refractivity contribution in [1.82, 2.24) is 25.2 Å². The monoisotopic (exact) mass is 533 g/mol. The Hall–Kier alpha value is -3.15. The standard InChI is InChI=1S/C25H27ClF3N7O/c26-20-2-1-8-31-23(20)36-11-7-19-21(16-36)33-24(37-15-14-35-12-9-30-10-13-35)34-22(19)32-18-5-3-17(4-6-18)25(27,28)29/h1-6,8,30H,7,9-16H2,(H,32,33,34). The number of fused-ring (bicyclic) bond motifs is 1. The first-order chi connectivity index (χ1) is 17.9. The lowest BCUT2D eigenvalue weighted by Crippen LogP contribution is -2.44. The van der Waals surface area contributed by atoms with Crippen LogP contribution in [0.15, 0.2) is 42.6 Å². The van der Waals surface area contributed by atoms with Gasteiger partial charge in [0.05, 0.1) is 22.8 Å². The van der Waals surface area contributed by atoms with Crippen LogP contribution < -0.4 is 20.3 Å². The number of halogens is 4. The zero-order chi connectivity index (χ0) is 25.8. The molecule has 2 aliphatic rings. The van der Waals surface area contributed by atoms with Crippen molar-refractivity contribution >= 4 is 28.9 Å². The normalized spacial score (nSPS) is 16.4. The summed E-state index contributed by atoms with van der Waals surface area (Å²) >= 11 is 6.38. The van der Waals surface area contributed by atoms with Crippen molar-refractivity contribution in [2.45, 2.75) is 19.1 Å². The summed E-state index contributed by atoms with van der Waals surface area (Å²) in [6, 6.07) is 8.68. The Morgan fingerprint density at radius 2 is 1.84 bits per heavy atom. The summed E-state index contributed by atoms with van der Waals surface area (Å²) in [5, 5.41) is 7.05. The maximum Gasteiger partial charge on any atom is 0.416 e. The SMILES string of the molecule is FC(F)(F)c1ccc(Nc2nc(OCCN3CCNCC3)nc3c2CCN(c2ncccc2Cl)C3)cc1. The maximum atomic E-state index is 13.0. The van der Waals surface area contributed by atoms with E-state index >= 15 is 0 Å². The average molecular weight is 534 g/mol. The van der Waals surface area contributed by atoms with Crippen LogP contribution in [0.1, 0.15) is 16.8 Å². The van der Waals surface area contributed by atoms with E-state index in [2.05, 4.69) is 30.5 Å². The van der Waals surface area contributed by atoms with Crippen molar-refractivity contribution < 1.29 is 17.9 Å². The Morgan fingerprint density at radius 1 is 1.05 bits per heavy atom. The van der Waals surface area contributed by atoms with Crippen LogP contribution in [0.3, 0.4) is 0 Å². The van der Waals surface area contributed by atoms with Crippen LogP contribution in [-0.2, 0) is 19.1 Å². The van der Waals surface area contributed by atoms with Crippen LogP contribution in [0.5, 0.6) is 6.01 Å². The molecule has 4 heterocycles. The zero-order valence-corrected chi connectivity index (χ0v) is 20.8. The summed E-state index contributed by atoms with van der Waals surface area (Å²) in [7, 11) is 0. The third-order valence-electron chi connectivity index (χ3n) is 6.41. The number of aromatic nitrogens is 3. The molecule has 0 saturated carbocycles. The highest BCUT2D eigenvalue weighted by molar-refractivity contribution is 6.32. The summed E-state index contributed by atoms with van der Waals surface area (Å²) in [6.07, 6.45) is -2.10. The van der Waals surface area contributed by atoms with Crippen LogP contribution >= 0.6 is 11.6 Å². The fourth-order valence-corrected chi connectivity index (χ4v) is 4.69. The number of nitrogens with zero attached hydrogens (tertiary/aromatic N) is 5. The lowest BCUT2D eigenvalue weighted by atomic mass is 10.1. The van der Waals surface area contributed by atoms with Crippen molar-refractivity contribution in [2.24, 2.45) is 0 Å². The van der Waals surface area contributed by atoms with E-state index in [1.54, 1.807) is 18.3 Å². The van der Waals surface area contributed by atoms with Gasteiger partial charge in [-0.25, -0.2) is 4.98 Å². The Bertz CT molecular complexity index is 1220. The van der Waals surface area contributed by atoms with E-state index in [0.29, 0.717) is 48.5 Å². The number of anilines is 3. The largest absolute Gasteiger partial charge is 0.462 e. The van der Waals surface area contributed by atoms with Crippen LogP contribution in [0.2, 0.25) is 5.02 Å². The molecular formula is C25H27ClF3N7O. The predicted octanol–water partition coefficient (Wildman–Crippen LogP) is 4.13. The first-order valence-corrected chi connectivity index (χ1v) is 12.5. The van der Waals surface area contributed by atoms with Crippen molar-refractivity contribution in [1.29, 1.82) is 0 Å². The molecule has 3 aromatic rings. The average Bonchev–Trinajstić information content (AvgIpc) is 2.89. The number of piperazine rings is 1. The summed E-state index contributed by atoms with van der Waals surface area (Å²) in [4.78, 5) is 18.0. The lowest BCUT2D eigenvalue weighted by Gasteiger charge is -2.31. The van der Waals surface area contributed by atoms with Crippen LogP contribution in [0, 0.1) is 0 Å². The number of hydrogen-bond donors (Lipinski definition) is 2. The molecule has 1 aromatic carbocycles. The highest BCUT2D eigenvalue weighted by atomic mass is 35.5. The Morgan fingerprint density at radius 3 is 2.57 bits per heavy atom. The van der Waals surface area contributed by atoms with E-state index in [1.807, 2.05) is 4.90 Å². The molecular weight excluding hydrogens is 507 g/mol. The second-order valence-corrected chi connectivity index (χ2v) is 9.31. The van der Waals surface area contributed by atoms with Crippen LogP contribution in [-0.4, -0.2) is 65.7 Å². The van der Waals surface area contributed by atoms with E-state index < -0.39 is 11.7 Å². The third-order valence-corrected chi connectivity index (χ3v) is 6.70. The Labute approximate surface area is 217 Å². The van der Waals surface area contributed by atoms with E-state index in [-0.39, 0.29) is 6.01 Å². The van der Waals surface area contributed by atoms with Gasteiger partial charge < -0.3 is 20.3 Å². The molecule has 37 heavy (non-hydrogen) atoms. The summed E-state index contributed by atoms with van der Waals surface area (Å²) in [6.45, 7) is 6.06. The summed E-state index contributed by atoms with van der Waals surface area (Å²) < 4.78 is 44.9. The minimum Gasteiger partial charge on any atom is -0.462 e. The van der Waals surface area contributed by atoms with Gasteiger partial charge in [-0.15, -0.1) is 0 Å². The van der Waals surface area contributed by atoms with Gasteiger partial charge in [-0.2, -0.15) is 23.1 Å². The molecule has 0 bridgehead atoms. The van der Waals surface area contributed by atoms with E-state index in [9.17, 15) is 13.2 Å². The quantitative estimate of drug-likeness (QED) is 0.469. The predicted molar refractivity (Wildman–Crippen MR) is 136 cm³/mol. The van der Waals surface area contributed by atoms with Crippen LogP contribution in [0.25, 0.3) is 0 Å². The third kappa shape index (κ3) is 6.23.